The molecule has 0 N–H and O–H groups in total. The van der Waals surface area contributed by atoms with Gasteiger partial charge in [0, 0.05) is 25.8 Å². The Balaban J connectivity index is 2.31. The van der Waals surface area contributed by atoms with Crippen LogP contribution in [0, 0.1) is 0 Å². The lowest BCUT2D eigenvalue weighted by molar-refractivity contribution is 0.141. The zero-order valence-electron chi connectivity index (χ0n) is 12.2. The van der Waals surface area contributed by atoms with Gasteiger partial charge in [-0.1, -0.05) is 0 Å². The lowest BCUT2D eigenvalue weighted by Gasteiger charge is -2.10. The highest BCUT2D eigenvalue weighted by atomic mass is 35.5. The van der Waals surface area contributed by atoms with Crippen molar-refractivity contribution in [2.24, 2.45) is 0 Å². The molecule has 5 heteroatoms. The van der Waals surface area contributed by atoms with E-state index in [-0.39, 0.29) is 5.38 Å². The summed E-state index contributed by atoms with van der Waals surface area (Å²) >= 11 is 6.25. The maximum Gasteiger partial charge on any atom is 0.127 e. The van der Waals surface area contributed by atoms with E-state index in [0.29, 0.717) is 0 Å². The highest BCUT2D eigenvalue weighted by Crippen LogP contribution is 2.27. The summed E-state index contributed by atoms with van der Waals surface area (Å²) in [6, 6.07) is 5.92. The molecule has 0 aliphatic rings. The Labute approximate surface area is 124 Å². The first-order valence-electron chi connectivity index (χ1n) is 6.93. The molecular formula is C15H21ClN2O2. The maximum absolute atomic E-state index is 6.25. The maximum atomic E-state index is 6.25. The van der Waals surface area contributed by atoms with Crippen LogP contribution in [0.3, 0.4) is 0 Å². The van der Waals surface area contributed by atoms with Gasteiger partial charge in [0.2, 0.25) is 0 Å². The standard InChI is InChI=1S/C15H21ClN2O2/c1-4-20-9-5-8-18-14-7-6-12(19-3)10-13(14)17-15(18)11(2)16/h6-7,10-11H,4-5,8-9H2,1-3H3. The van der Waals surface area contributed by atoms with Crippen molar-refractivity contribution in [3.63, 3.8) is 0 Å². The summed E-state index contributed by atoms with van der Waals surface area (Å²) in [5.41, 5.74) is 2.01. The predicted octanol–water partition coefficient (Wildman–Crippen LogP) is 3.77. The summed E-state index contributed by atoms with van der Waals surface area (Å²) in [6.45, 7) is 6.31. The van der Waals surface area contributed by atoms with Crippen molar-refractivity contribution in [3.8, 4) is 5.75 Å². The fraction of sp³-hybridized carbons (Fsp3) is 0.533. The molecule has 2 rings (SSSR count). The van der Waals surface area contributed by atoms with E-state index >= 15 is 0 Å². The van der Waals surface area contributed by atoms with Crippen molar-refractivity contribution in [1.82, 2.24) is 9.55 Å². The molecule has 0 radical (unpaired) electrons. The summed E-state index contributed by atoms with van der Waals surface area (Å²) in [7, 11) is 1.66. The number of alkyl halides is 1. The van der Waals surface area contributed by atoms with E-state index in [9.17, 15) is 0 Å². The van der Waals surface area contributed by atoms with Gasteiger partial charge in [-0.2, -0.15) is 0 Å². The van der Waals surface area contributed by atoms with Crippen molar-refractivity contribution < 1.29 is 9.47 Å². The fourth-order valence-electron chi connectivity index (χ4n) is 2.26. The second-order valence-corrected chi connectivity index (χ2v) is 5.30. The minimum atomic E-state index is -0.125. The molecule has 1 aromatic carbocycles. The summed E-state index contributed by atoms with van der Waals surface area (Å²) in [5.74, 6) is 1.71. The largest absolute Gasteiger partial charge is 0.497 e. The molecule has 0 bridgehead atoms. The highest BCUT2D eigenvalue weighted by molar-refractivity contribution is 6.20. The molecule has 0 aliphatic carbocycles. The summed E-state index contributed by atoms with van der Waals surface area (Å²) < 4.78 is 12.8. The molecule has 2 aromatic rings. The van der Waals surface area contributed by atoms with Gasteiger partial charge in [-0.05, 0) is 32.4 Å². The average Bonchev–Trinajstić information content (AvgIpc) is 2.81. The molecule has 0 saturated heterocycles. The van der Waals surface area contributed by atoms with E-state index < -0.39 is 0 Å². The zero-order chi connectivity index (χ0) is 14.5. The lowest BCUT2D eigenvalue weighted by atomic mass is 10.3. The van der Waals surface area contributed by atoms with Gasteiger partial charge in [0.25, 0.3) is 0 Å². The van der Waals surface area contributed by atoms with Gasteiger partial charge in [-0.3, -0.25) is 0 Å². The summed E-state index contributed by atoms with van der Waals surface area (Å²) in [5, 5.41) is -0.125. The molecule has 0 aliphatic heterocycles. The highest BCUT2D eigenvalue weighted by Gasteiger charge is 2.15. The van der Waals surface area contributed by atoms with E-state index in [1.807, 2.05) is 32.0 Å². The van der Waals surface area contributed by atoms with Crippen molar-refractivity contribution >= 4 is 22.6 Å². The van der Waals surface area contributed by atoms with E-state index in [1.165, 1.54) is 0 Å². The SMILES string of the molecule is CCOCCCn1c(C(C)Cl)nc2cc(OC)ccc21. The molecule has 1 atom stereocenters. The molecule has 1 heterocycles. The van der Waals surface area contributed by atoms with Crippen LogP contribution in [-0.4, -0.2) is 29.9 Å². The third-order valence-corrected chi connectivity index (χ3v) is 3.41. The molecule has 110 valence electrons. The van der Waals surface area contributed by atoms with Gasteiger partial charge < -0.3 is 14.0 Å². The molecule has 0 amide bonds. The van der Waals surface area contributed by atoms with Gasteiger partial charge in [-0.15, -0.1) is 11.6 Å². The topological polar surface area (TPSA) is 36.3 Å². The Morgan fingerprint density at radius 1 is 1.40 bits per heavy atom. The number of methoxy groups -OCH3 is 1. The van der Waals surface area contributed by atoms with Crippen LogP contribution in [0.1, 0.15) is 31.5 Å². The van der Waals surface area contributed by atoms with Crippen molar-refractivity contribution in [2.45, 2.75) is 32.2 Å². The number of hydrogen-bond acceptors (Lipinski definition) is 3. The number of benzene rings is 1. The van der Waals surface area contributed by atoms with Gasteiger partial charge >= 0.3 is 0 Å². The number of nitrogens with zero attached hydrogens (tertiary/aromatic N) is 2. The number of hydrogen-bond donors (Lipinski definition) is 0. The van der Waals surface area contributed by atoms with Gasteiger partial charge in [0.05, 0.1) is 23.5 Å². The third kappa shape index (κ3) is 3.25. The van der Waals surface area contributed by atoms with E-state index in [2.05, 4.69) is 9.55 Å². The van der Waals surface area contributed by atoms with Crippen LogP contribution < -0.4 is 4.74 Å². The van der Waals surface area contributed by atoms with Crippen molar-refractivity contribution in [3.05, 3.63) is 24.0 Å². The summed E-state index contributed by atoms with van der Waals surface area (Å²) in [6.07, 6.45) is 0.946. The molecule has 1 unspecified atom stereocenters. The minimum absolute atomic E-state index is 0.125. The smallest absolute Gasteiger partial charge is 0.127 e. The summed E-state index contributed by atoms with van der Waals surface area (Å²) in [4.78, 5) is 4.63. The Morgan fingerprint density at radius 3 is 2.85 bits per heavy atom. The number of fused-ring (bicyclic) bond motifs is 1. The average molecular weight is 297 g/mol. The molecule has 0 fully saturated rings. The zero-order valence-corrected chi connectivity index (χ0v) is 13.0. The number of aromatic nitrogens is 2. The van der Waals surface area contributed by atoms with Crippen LogP contribution >= 0.6 is 11.6 Å². The molecular weight excluding hydrogens is 276 g/mol. The molecule has 0 spiro atoms. The van der Waals surface area contributed by atoms with Gasteiger partial charge in [0.15, 0.2) is 0 Å². The van der Waals surface area contributed by atoms with Crippen LogP contribution in [0.5, 0.6) is 5.75 Å². The van der Waals surface area contributed by atoms with Crippen LogP contribution in [0.2, 0.25) is 0 Å². The van der Waals surface area contributed by atoms with Crippen molar-refractivity contribution in [2.75, 3.05) is 20.3 Å². The second kappa shape index (κ2) is 6.95. The molecule has 4 nitrogen and oxygen atoms in total. The number of imidazole rings is 1. The Kier molecular flexibility index (Phi) is 5.26. The van der Waals surface area contributed by atoms with Crippen LogP contribution in [0.25, 0.3) is 11.0 Å². The monoisotopic (exact) mass is 296 g/mol. The van der Waals surface area contributed by atoms with Gasteiger partial charge in [0.1, 0.15) is 11.6 Å². The lowest BCUT2D eigenvalue weighted by Crippen LogP contribution is -2.07. The number of ether oxygens (including phenoxy) is 2. The number of rotatable bonds is 7. The number of aryl methyl sites for hydroxylation is 1. The molecule has 0 saturated carbocycles. The normalized spacial score (nSPS) is 12.8. The molecule has 1 aromatic heterocycles. The van der Waals surface area contributed by atoms with Crippen LogP contribution in [0.15, 0.2) is 18.2 Å². The first kappa shape index (κ1) is 15.1. The Bertz CT molecular complexity index is 566. The Morgan fingerprint density at radius 2 is 2.20 bits per heavy atom. The number of halogens is 1. The molecule has 20 heavy (non-hydrogen) atoms. The first-order valence-corrected chi connectivity index (χ1v) is 7.37. The van der Waals surface area contributed by atoms with E-state index in [4.69, 9.17) is 21.1 Å². The quantitative estimate of drug-likeness (QED) is 0.576. The first-order chi connectivity index (χ1) is 9.67. The van der Waals surface area contributed by atoms with Crippen molar-refractivity contribution in [1.29, 1.82) is 0 Å². The fourth-order valence-corrected chi connectivity index (χ4v) is 2.43. The predicted molar refractivity (Wildman–Crippen MR) is 81.7 cm³/mol. The van der Waals surface area contributed by atoms with Gasteiger partial charge in [-0.25, -0.2) is 4.98 Å². The van der Waals surface area contributed by atoms with Crippen LogP contribution in [0.4, 0.5) is 0 Å². The second-order valence-electron chi connectivity index (χ2n) is 4.64. The minimum Gasteiger partial charge on any atom is -0.497 e. The Hall–Kier alpha value is -1.26. The van der Waals surface area contributed by atoms with Crippen LogP contribution in [-0.2, 0) is 11.3 Å². The van der Waals surface area contributed by atoms with E-state index in [0.717, 1.165) is 48.8 Å². The third-order valence-electron chi connectivity index (χ3n) is 3.22. The van der Waals surface area contributed by atoms with E-state index in [1.54, 1.807) is 7.11 Å².